The fourth-order valence-electron chi connectivity index (χ4n) is 12.4. The molecule has 0 amide bonds. The molecule has 5 fully saturated rings. The van der Waals surface area contributed by atoms with Gasteiger partial charge in [-0.2, -0.15) is 0 Å². The second kappa shape index (κ2) is 10.8. The lowest BCUT2D eigenvalue weighted by atomic mass is 9.33. The SMILES string of the molecule is CC1(C)CC[C@]2(C[C@@H](O)[C@@H]3OC(OC=O)[C@@H](O)[C@H](O)C3O)CC[C@]3(C)C(=CCC4[C@@]5(C)CCC(=O)C(C)(C)C5CC[C@]43C)C2C1. The van der Waals surface area contributed by atoms with Gasteiger partial charge in [0.1, 0.15) is 30.2 Å². The Morgan fingerprint density at radius 3 is 2.31 bits per heavy atom. The van der Waals surface area contributed by atoms with Crippen LogP contribution in [0.25, 0.3) is 0 Å². The lowest BCUT2D eigenvalue weighted by Gasteiger charge is -2.71. The van der Waals surface area contributed by atoms with Crippen molar-refractivity contribution >= 4 is 12.3 Å². The summed E-state index contributed by atoms with van der Waals surface area (Å²) in [6.07, 6.45) is 4.36. The van der Waals surface area contributed by atoms with Crippen LogP contribution in [-0.2, 0) is 19.1 Å². The van der Waals surface area contributed by atoms with Gasteiger partial charge in [-0.3, -0.25) is 9.59 Å². The molecule has 8 nitrogen and oxygen atoms in total. The van der Waals surface area contributed by atoms with Crippen LogP contribution in [0.1, 0.15) is 119 Å². The highest BCUT2D eigenvalue weighted by atomic mass is 16.7. The van der Waals surface area contributed by atoms with Gasteiger partial charge in [0.15, 0.2) is 0 Å². The summed E-state index contributed by atoms with van der Waals surface area (Å²) < 4.78 is 10.6. The van der Waals surface area contributed by atoms with Crippen LogP contribution < -0.4 is 0 Å². The van der Waals surface area contributed by atoms with E-state index in [1.54, 1.807) is 5.57 Å². The van der Waals surface area contributed by atoms with E-state index in [1.165, 1.54) is 0 Å². The van der Waals surface area contributed by atoms with Gasteiger partial charge in [-0.25, -0.2) is 0 Å². The van der Waals surface area contributed by atoms with E-state index in [0.717, 1.165) is 57.8 Å². The number of hydrogen-bond acceptors (Lipinski definition) is 8. The molecule has 8 heteroatoms. The Bertz CT molecular complexity index is 1230. The Morgan fingerprint density at radius 1 is 0.933 bits per heavy atom. The fourth-order valence-corrected chi connectivity index (χ4v) is 12.4. The Labute approximate surface area is 269 Å². The van der Waals surface area contributed by atoms with Gasteiger partial charge in [0, 0.05) is 11.8 Å². The van der Waals surface area contributed by atoms with Gasteiger partial charge in [-0.05, 0) is 109 Å². The molecule has 0 aromatic heterocycles. The van der Waals surface area contributed by atoms with Crippen LogP contribution >= 0.6 is 0 Å². The van der Waals surface area contributed by atoms with Crippen molar-refractivity contribution in [1.82, 2.24) is 0 Å². The van der Waals surface area contributed by atoms with Gasteiger partial charge >= 0.3 is 0 Å². The third-order valence-electron chi connectivity index (χ3n) is 15.4. The summed E-state index contributed by atoms with van der Waals surface area (Å²) in [6.45, 7) is 16.8. The lowest BCUT2D eigenvalue weighted by molar-refractivity contribution is -0.301. The molecule has 6 aliphatic rings. The van der Waals surface area contributed by atoms with Gasteiger partial charge in [0.2, 0.25) is 6.29 Å². The summed E-state index contributed by atoms with van der Waals surface area (Å²) >= 11 is 0. The molecule has 0 aromatic rings. The van der Waals surface area contributed by atoms with Gasteiger partial charge in [-0.15, -0.1) is 0 Å². The van der Waals surface area contributed by atoms with Crippen LogP contribution in [0.4, 0.5) is 0 Å². The van der Waals surface area contributed by atoms with Crippen LogP contribution in [0.2, 0.25) is 0 Å². The second-order valence-electron chi connectivity index (χ2n) is 18.2. The Hall–Kier alpha value is -1.32. The minimum Gasteiger partial charge on any atom is -0.435 e. The van der Waals surface area contributed by atoms with Crippen molar-refractivity contribution in [1.29, 1.82) is 0 Å². The van der Waals surface area contributed by atoms with Crippen LogP contribution in [0.3, 0.4) is 0 Å². The summed E-state index contributed by atoms with van der Waals surface area (Å²) in [5.74, 6) is 1.60. The van der Waals surface area contributed by atoms with E-state index in [4.69, 9.17) is 9.47 Å². The Morgan fingerprint density at radius 2 is 1.62 bits per heavy atom. The lowest BCUT2D eigenvalue weighted by Crippen LogP contribution is -2.64. The largest absolute Gasteiger partial charge is 0.435 e. The molecule has 6 rings (SSSR count). The maximum atomic E-state index is 13.1. The summed E-state index contributed by atoms with van der Waals surface area (Å²) in [6, 6.07) is 0. The van der Waals surface area contributed by atoms with Gasteiger partial charge in [0.25, 0.3) is 6.47 Å². The molecule has 5 unspecified atom stereocenters. The summed E-state index contributed by atoms with van der Waals surface area (Å²) in [4.78, 5) is 24.1. The minimum atomic E-state index is -1.61. The van der Waals surface area contributed by atoms with Crippen molar-refractivity contribution in [3.05, 3.63) is 11.6 Å². The first-order valence-corrected chi connectivity index (χ1v) is 17.6. The number of carbonyl (C=O) groups excluding carboxylic acids is 2. The molecule has 1 heterocycles. The van der Waals surface area contributed by atoms with Crippen LogP contribution in [0, 0.1) is 50.2 Å². The van der Waals surface area contributed by atoms with E-state index in [0.29, 0.717) is 30.5 Å². The van der Waals surface area contributed by atoms with Crippen molar-refractivity contribution in [3.8, 4) is 0 Å². The summed E-state index contributed by atoms with van der Waals surface area (Å²) in [7, 11) is 0. The molecule has 45 heavy (non-hydrogen) atoms. The zero-order valence-electron chi connectivity index (χ0n) is 28.6. The van der Waals surface area contributed by atoms with E-state index >= 15 is 0 Å². The molecule has 5 aliphatic carbocycles. The van der Waals surface area contributed by atoms with Gasteiger partial charge in [0.05, 0.1) is 6.10 Å². The van der Waals surface area contributed by atoms with E-state index in [9.17, 15) is 30.0 Å². The Balaban J connectivity index is 1.34. The van der Waals surface area contributed by atoms with Crippen molar-refractivity contribution < 1.29 is 39.5 Å². The predicted molar refractivity (Wildman–Crippen MR) is 169 cm³/mol. The molecule has 0 bridgehead atoms. The summed E-state index contributed by atoms with van der Waals surface area (Å²) in [5.41, 5.74) is 1.44. The average Bonchev–Trinajstić information content (AvgIpc) is 2.96. The number of Topliss-reactive ketones (excluding diaryl/α,β-unsaturated/α-hetero) is 1. The number of allylic oxidation sites excluding steroid dienone is 2. The highest BCUT2D eigenvalue weighted by Crippen LogP contribution is 2.76. The van der Waals surface area contributed by atoms with Gasteiger partial charge in [-0.1, -0.05) is 60.1 Å². The fraction of sp³-hybridized carbons (Fsp3) is 0.892. The zero-order chi connectivity index (χ0) is 33.0. The first kappa shape index (κ1) is 33.6. The van der Waals surface area contributed by atoms with Crippen molar-refractivity contribution in [2.45, 2.75) is 156 Å². The number of aliphatic hydroxyl groups excluding tert-OH is 4. The summed E-state index contributed by atoms with van der Waals surface area (Å²) in [5, 5.41) is 43.4. The number of rotatable bonds is 5. The smallest absolute Gasteiger partial charge is 0.295 e. The third-order valence-corrected chi connectivity index (χ3v) is 15.4. The first-order valence-electron chi connectivity index (χ1n) is 17.6. The van der Waals surface area contributed by atoms with Crippen LogP contribution in [0.15, 0.2) is 11.6 Å². The predicted octanol–water partition coefficient (Wildman–Crippen LogP) is 5.09. The maximum Gasteiger partial charge on any atom is 0.295 e. The Kier molecular flexibility index (Phi) is 8.09. The first-order chi connectivity index (χ1) is 20.9. The maximum absolute atomic E-state index is 13.1. The normalized spacial score (nSPS) is 51.0. The second-order valence-corrected chi connectivity index (χ2v) is 18.2. The number of fused-ring (bicyclic) bond motifs is 7. The highest BCUT2D eigenvalue weighted by molar-refractivity contribution is 5.85. The molecule has 13 atom stereocenters. The number of ketones is 1. The topological polar surface area (TPSA) is 134 Å². The number of hydrogen-bond donors (Lipinski definition) is 4. The number of carbonyl (C=O) groups is 2. The molecular weight excluding hydrogens is 572 g/mol. The molecular formula is C37H58O8. The third kappa shape index (κ3) is 4.77. The zero-order valence-corrected chi connectivity index (χ0v) is 28.6. The molecule has 4 saturated carbocycles. The number of aliphatic hydroxyl groups is 4. The highest BCUT2D eigenvalue weighted by Gasteiger charge is 2.68. The van der Waals surface area contributed by atoms with E-state index < -0.39 is 36.8 Å². The molecule has 0 aromatic carbocycles. The van der Waals surface area contributed by atoms with E-state index in [-0.39, 0.29) is 44.9 Å². The van der Waals surface area contributed by atoms with E-state index in [1.807, 2.05) is 0 Å². The van der Waals surface area contributed by atoms with Crippen molar-refractivity contribution in [2.75, 3.05) is 0 Å². The van der Waals surface area contributed by atoms with Crippen LogP contribution in [0.5, 0.6) is 0 Å². The van der Waals surface area contributed by atoms with E-state index in [2.05, 4.69) is 54.5 Å². The van der Waals surface area contributed by atoms with Crippen LogP contribution in [-0.4, -0.2) is 69.5 Å². The van der Waals surface area contributed by atoms with Crippen molar-refractivity contribution in [2.24, 2.45) is 50.2 Å². The van der Waals surface area contributed by atoms with Gasteiger partial charge < -0.3 is 29.9 Å². The molecule has 1 saturated heterocycles. The molecule has 4 N–H and O–H groups in total. The minimum absolute atomic E-state index is 0.00604. The standard InChI is InChI=1S/C37H58O8/c1-32(2)14-16-37(19-23(39)30-28(42)27(41)29(43)31(45-30)44-20-38)17-15-35(6)21(22(37)18-32)8-9-25-34(5)12-11-26(40)33(3,4)24(34)10-13-36(25,35)7/h8,20,22-25,27-31,39,41-43H,9-19H2,1-7H3/t22?,23-,24?,25?,27-,28?,29+,30+,31?,34+,35-,36-,37-/m1/s1. The average molecular weight is 631 g/mol. The number of ether oxygens (including phenoxy) is 2. The molecule has 1 aliphatic heterocycles. The molecule has 0 spiro atoms. The molecule has 0 radical (unpaired) electrons. The quantitative estimate of drug-likeness (QED) is 0.244. The van der Waals surface area contributed by atoms with Crippen molar-refractivity contribution in [3.63, 3.8) is 0 Å². The monoisotopic (exact) mass is 630 g/mol. The molecule has 254 valence electrons.